The van der Waals surface area contributed by atoms with Crippen LogP contribution < -0.4 is 5.32 Å². The van der Waals surface area contributed by atoms with Gasteiger partial charge >= 0.3 is 6.03 Å². The first-order valence-electron chi connectivity index (χ1n) is 10.3. The number of sulfonamides is 1. The monoisotopic (exact) mass is 473 g/mol. The number of halogens is 1. The number of amides is 3. The molecule has 1 fully saturated rings. The van der Waals surface area contributed by atoms with Crippen LogP contribution in [0.3, 0.4) is 0 Å². The molecule has 3 aromatic rings. The molecule has 1 aromatic heterocycles. The lowest BCUT2D eigenvalue weighted by Crippen LogP contribution is -2.40. The third-order valence-electron chi connectivity index (χ3n) is 5.89. The maximum atomic E-state index is 13.3. The Balaban J connectivity index is 1.70. The van der Waals surface area contributed by atoms with Crippen molar-refractivity contribution in [2.75, 3.05) is 14.1 Å². The van der Waals surface area contributed by atoms with Crippen molar-refractivity contribution in [2.45, 2.75) is 37.4 Å². The highest BCUT2D eigenvalue weighted by molar-refractivity contribution is 7.89. The molecule has 0 spiro atoms. The summed E-state index contributed by atoms with van der Waals surface area (Å²) in [7, 11) is -0.740. The van der Waals surface area contributed by atoms with Crippen molar-refractivity contribution < 1.29 is 22.4 Å². The van der Waals surface area contributed by atoms with Crippen LogP contribution in [0.2, 0.25) is 0 Å². The van der Waals surface area contributed by atoms with Gasteiger partial charge in [-0.25, -0.2) is 26.9 Å². The number of aromatic nitrogens is 2. The van der Waals surface area contributed by atoms with E-state index in [1.54, 1.807) is 13.0 Å². The van der Waals surface area contributed by atoms with E-state index in [9.17, 15) is 22.4 Å². The molecule has 3 amide bonds. The second-order valence-corrected chi connectivity index (χ2v) is 10.3. The summed E-state index contributed by atoms with van der Waals surface area (Å²) in [5.74, 6) is -0.480. The molecule has 1 saturated heterocycles. The molecular formula is C22H24FN5O4S. The average Bonchev–Trinajstić information content (AvgIpc) is 3.23. The van der Waals surface area contributed by atoms with Crippen LogP contribution in [0.5, 0.6) is 0 Å². The zero-order valence-corrected chi connectivity index (χ0v) is 19.5. The van der Waals surface area contributed by atoms with Gasteiger partial charge in [-0.1, -0.05) is 12.1 Å². The van der Waals surface area contributed by atoms with Crippen LogP contribution in [0.15, 0.2) is 47.4 Å². The maximum absolute atomic E-state index is 13.3. The number of aryl methyl sites for hydroxylation is 1. The van der Waals surface area contributed by atoms with Crippen LogP contribution >= 0.6 is 0 Å². The number of fused-ring (bicyclic) bond motifs is 1. The normalized spacial score (nSPS) is 19.0. The quantitative estimate of drug-likeness (QED) is 0.554. The van der Waals surface area contributed by atoms with Crippen LogP contribution in [0, 0.1) is 5.82 Å². The van der Waals surface area contributed by atoms with Gasteiger partial charge in [0, 0.05) is 20.6 Å². The second kappa shape index (κ2) is 7.92. The van der Waals surface area contributed by atoms with Crippen molar-refractivity contribution in [1.82, 2.24) is 24.1 Å². The van der Waals surface area contributed by atoms with Crippen LogP contribution in [0.25, 0.3) is 11.0 Å². The molecule has 33 heavy (non-hydrogen) atoms. The Bertz CT molecular complexity index is 1370. The van der Waals surface area contributed by atoms with Gasteiger partial charge < -0.3 is 9.88 Å². The molecule has 2 heterocycles. The number of rotatable bonds is 6. The lowest BCUT2D eigenvalue weighted by molar-refractivity contribution is -0.131. The van der Waals surface area contributed by atoms with Gasteiger partial charge in [0.2, 0.25) is 10.0 Å². The largest absolute Gasteiger partial charge is 0.327 e. The zero-order valence-electron chi connectivity index (χ0n) is 18.7. The van der Waals surface area contributed by atoms with Crippen LogP contribution in [0.4, 0.5) is 9.18 Å². The minimum Gasteiger partial charge on any atom is -0.327 e. The van der Waals surface area contributed by atoms with Crippen molar-refractivity contribution >= 4 is 33.0 Å². The standard InChI is InChI=1S/C22H24FN5O4S/c1-5-27-18-11-10-16(33(31,32)26(3)4)12-17(18)24-19(27)13-28-20(29)22(2,25-21(28)30)14-6-8-15(23)9-7-14/h6-12H,5,13H2,1-4H3,(H,25,30)/t22-/m0/s1. The average molecular weight is 474 g/mol. The SMILES string of the molecule is CCn1c(CN2C(=O)N[C@@](C)(c3ccc(F)cc3)C2=O)nc2cc(S(=O)(=O)N(C)C)ccc21. The van der Waals surface area contributed by atoms with E-state index < -0.39 is 33.3 Å². The van der Waals surface area contributed by atoms with Crippen molar-refractivity contribution in [1.29, 1.82) is 0 Å². The van der Waals surface area contributed by atoms with Gasteiger partial charge in [-0.2, -0.15) is 0 Å². The smallest absolute Gasteiger partial charge is 0.325 e. The Hall–Kier alpha value is -3.31. The Labute approximate surface area is 190 Å². The van der Waals surface area contributed by atoms with Gasteiger partial charge in [-0.15, -0.1) is 0 Å². The second-order valence-electron chi connectivity index (χ2n) is 8.16. The van der Waals surface area contributed by atoms with Gasteiger partial charge in [-0.05, 0) is 49.7 Å². The molecule has 174 valence electrons. The van der Waals surface area contributed by atoms with E-state index in [0.717, 1.165) is 9.21 Å². The van der Waals surface area contributed by atoms with E-state index in [0.29, 0.717) is 29.0 Å². The first-order valence-corrected chi connectivity index (χ1v) is 11.7. The molecular weight excluding hydrogens is 449 g/mol. The number of carbonyl (C=O) groups excluding carboxylic acids is 2. The Morgan fingerprint density at radius 3 is 2.39 bits per heavy atom. The molecule has 4 rings (SSSR count). The molecule has 11 heteroatoms. The highest BCUT2D eigenvalue weighted by Crippen LogP contribution is 2.30. The number of benzene rings is 2. The van der Waals surface area contributed by atoms with Gasteiger partial charge in [0.05, 0.1) is 22.5 Å². The van der Waals surface area contributed by atoms with Gasteiger partial charge in [0.15, 0.2) is 0 Å². The summed E-state index contributed by atoms with van der Waals surface area (Å²) in [6, 6.07) is 9.47. The first kappa shape index (κ1) is 22.9. The summed E-state index contributed by atoms with van der Waals surface area (Å²) in [6.45, 7) is 3.87. The highest BCUT2D eigenvalue weighted by atomic mass is 32.2. The fourth-order valence-electron chi connectivity index (χ4n) is 3.97. The minimum atomic E-state index is -3.64. The molecule has 0 saturated carbocycles. The molecule has 0 aliphatic carbocycles. The first-order chi connectivity index (χ1) is 15.5. The summed E-state index contributed by atoms with van der Waals surface area (Å²) in [6.07, 6.45) is 0. The number of carbonyl (C=O) groups is 2. The molecule has 9 nitrogen and oxygen atoms in total. The Kier molecular flexibility index (Phi) is 5.49. The van der Waals surface area contributed by atoms with Gasteiger partial charge in [0.1, 0.15) is 17.2 Å². The number of hydrogen-bond donors (Lipinski definition) is 1. The molecule has 1 N–H and O–H groups in total. The van der Waals surface area contributed by atoms with Crippen LogP contribution in [-0.2, 0) is 33.4 Å². The number of urea groups is 1. The van der Waals surface area contributed by atoms with Crippen molar-refractivity contribution in [2.24, 2.45) is 0 Å². The third-order valence-corrected chi connectivity index (χ3v) is 7.70. The molecule has 0 radical (unpaired) electrons. The predicted octanol–water partition coefficient (Wildman–Crippen LogP) is 2.41. The summed E-state index contributed by atoms with van der Waals surface area (Å²) in [5.41, 5.74) is 0.273. The zero-order chi connectivity index (χ0) is 24.1. The number of imidazole rings is 1. The Morgan fingerprint density at radius 1 is 1.12 bits per heavy atom. The summed E-state index contributed by atoms with van der Waals surface area (Å²) in [5, 5.41) is 2.69. The molecule has 1 atom stereocenters. The molecule has 0 unspecified atom stereocenters. The summed E-state index contributed by atoms with van der Waals surface area (Å²) >= 11 is 0. The number of nitrogens with one attached hydrogen (secondary N) is 1. The summed E-state index contributed by atoms with van der Waals surface area (Å²) < 4.78 is 41.3. The lowest BCUT2D eigenvalue weighted by atomic mass is 9.92. The van der Waals surface area contributed by atoms with Gasteiger partial charge in [0.25, 0.3) is 5.91 Å². The van der Waals surface area contributed by atoms with E-state index in [1.807, 2.05) is 11.5 Å². The van der Waals surface area contributed by atoms with E-state index >= 15 is 0 Å². The van der Waals surface area contributed by atoms with E-state index in [1.165, 1.54) is 50.5 Å². The fraction of sp³-hybridized carbons (Fsp3) is 0.318. The predicted molar refractivity (Wildman–Crippen MR) is 119 cm³/mol. The van der Waals surface area contributed by atoms with Crippen molar-refractivity contribution in [3.63, 3.8) is 0 Å². The minimum absolute atomic E-state index is 0.0975. The summed E-state index contributed by atoms with van der Waals surface area (Å²) in [4.78, 5) is 31.7. The van der Waals surface area contributed by atoms with E-state index in [2.05, 4.69) is 10.3 Å². The van der Waals surface area contributed by atoms with Crippen molar-refractivity contribution in [3.05, 3.63) is 59.7 Å². The van der Waals surface area contributed by atoms with Crippen molar-refractivity contribution in [3.8, 4) is 0 Å². The number of nitrogens with zero attached hydrogens (tertiary/aromatic N) is 4. The van der Waals surface area contributed by atoms with Crippen LogP contribution in [0.1, 0.15) is 25.2 Å². The fourth-order valence-corrected chi connectivity index (χ4v) is 4.89. The molecule has 1 aliphatic heterocycles. The molecule has 1 aliphatic rings. The number of imide groups is 1. The lowest BCUT2D eigenvalue weighted by Gasteiger charge is -2.22. The van der Waals surface area contributed by atoms with E-state index in [-0.39, 0.29) is 11.4 Å². The molecule has 2 aromatic carbocycles. The molecule has 0 bridgehead atoms. The Morgan fingerprint density at radius 2 is 1.79 bits per heavy atom. The maximum Gasteiger partial charge on any atom is 0.325 e. The topological polar surface area (TPSA) is 105 Å². The highest BCUT2D eigenvalue weighted by Gasteiger charge is 2.49. The number of hydrogen-bond acceptors (Lipinski definition) is 5. The third kappa shape index (κ3) is 3.66. The van der Waals surface area contributed by atoms with Gasteiger partial charge in [-0.3, -0.25) is 9.69 Å². The van der Waals surface area contributed by atoms with Crippen LogP contribution in [-0.4, -0.2) is 53.2 Å². The van der Waals surface area contributed by atoms with E-state index in [4.69, 9.17) is 0 Å².